The van der Waals surface area contributed by atoms with Gasteiger partial charge in [0.15, 0.2) is 12.6 Å². The molecule has 5 aromatic rings. The van der Waals surface area contributed by atoms with Gasteiger partial charge in [-0.25, -0.2) is 4.79 Å². The molecular formula is C75H99N15O22S2. The molecule has 11 atom stereocenters. The third-order valence-corrected chi connectivity index (χ3v) is 21.2. The van der Waals surface area contributed by atoms with Crippen molar-refractivity contribution in [3.63, 3.8) is 0 Å². The van der Waals surface area contributed by atoms with Crippen molar-refractivity contribution in [1.82, 2.24) is 67.1 Å². The lowest BCUT2D eigenvalue weighted by Gasteiger charge is -2.35. The number of oxime groups is 1. The van der Waals surface area contributed by atoms with Crippen LogP contribution in [0.1, 0.15) is 73.9 Å². The molecule has 0 aliphatic carbocycles. The van der Waals surface area contributed by atoms with Crippen molar-refractivity contribution >= 4 is 115 Å². The first-order chi connectivity index (χ1) is 54.4. The topological polar surface area (TPSA) is 556 Å². The first kappa shape index (κ1) is 90.4. The number of hydrogen-bond acceptors (Lipinski definition) is 25. The van der Waals surface area contributed by atoms with Gasteiger partial charge in [0.2, 0.25) is 41.4 Å². The molecule has 3 heterocycles. The molecule has 39 heteroatoms. The van der Waals surface area contributed by atoms with E-state index < -0.39 is 175 Å². The minimum atomic E-state index is -1.92. The third kappa shape index (κ3) is 29.0. The molecule has 0 spiro atoms. The number of aliphatic carboxylic acids is 5. The number of hydrogen-bond donors (Lipinski definition) is 18. The number of aromatic nitrogens is 1. The molecule has 3 unspecified atom stereocenters. The van der Waals surface area contributed by atoms with Crippen LogP contribution in [0.25, 0.3) is 10.9 Å². The number of nitrogens with zero attached hydrogens (tertiary/aromatic N) is 5. The van der Waals surface area contributed by atoms with Crippen LogP contribution >= 0.6 is 21.6 Å². The van der Waals surface area contributed by atoms with Crippen LogP contribution in [0.4, 0.5) is 0 Å². The molecule has 2 aliphatic rings. The number of aromatic hydroxyl groups is 1. The molecule has 7 rings (SSSR count). The van der Waals surface area contributed by atoms with Gasteiger partial charge in [-0.2, -0.15) is 0 Å². The summed E-state index contributed by atoms with van der Waals surface area (Å²) in [6.07, 6.45) is -2.00. The number of amides is 8. The number of phenols is 1. The highest BCUT2D eigenvalue weighted by Crippen LogP contribution is 2.27. The summed E-state index contributed by atoms with van der Waals surface area (Å²) in [5.41, 5.74) is 8.81. The molecule has 2 fully saturated rings. The average Bonchev–Trinajstić information content (AvgIpc) is 1.56. The van der Waals surface area contributed by atoms with Crippen LogP contribution in [-0.4, -0.2) is 305 Å². The van der Waals surface area contributed by atoms with Crippen LogP contribution in [0, 0.1) is 0 Å². The quantitative estimate of drug-likeness (QED) is 0.0101. The summed E-state index contributed by atoms with van der Waals surface area (Å²) in [5, 5.41) is 107. The van der Waals surface area contributed by atoms with Crippen LogP contribution in [0.15, 0.2) is 114 Å². The molecule has 2 aliphatic heterocycles. The van der Waals surface area contributed by atoms with E-state index in [4.69, 9.17) is 10.6 Å². The fourth-order valence-electron chi connectivity index (χ4n) is 12.6. The number of aromatic amines is 1. The molecule has 618 valence electrons. The minimum Gasteiger partial charge on any atom is -0.508 e. The van der Waals surface area contributed by atoms with Crippen molar-refractivity contribution < 1.29 is 108 Å². The molecule has 19 N–H and O–H groups in total. The molecule has 8 amide bonds. The Morgan fingerprint density at radius 1 is 0.605 bits per heavy atom. The lowest BCUT2D eigenvalue weighted by molar-refractivity contribution is -0.145. The third-order valence-electron chi connectivity index (χ3n) is 18.8. The number of aliphatic hydroxyl groups excluding tert-OH is 2. The Morgan fingerprint density at radius 3 is 1.73 bits per heavy atom. The van der Waals surface area contributed by atoms with E-state index in [0.29, 0.717) is 39.6 Å². The van der Waals surface area contributed by atoms with Gasteiger partial charge in [0.25, 0.3) is 5.91 Å². The number of fused-ring (bicyclic) bond motifs is 1. The fourth-order valence-corrected chi connectivity index (χ4v) is 15.0. The number of carboxylic acids is 5. The van der Waals surface area contributed by atoms with E-state index in [0.717, 1.165) is 35.4 Å². The summed E-state index contributed by atoms with van der Waals surface area (Å²) < 4.78 is 0. The zero-order valence-electron chi connectivity index (χ0n) is 63.0. The Balaban J connectivity index is 1.19. The summed E-state index contributed by atoms with van der Waals surface area (Å²) in [6, 6.07) is 12.5. The van der Waals surface area contributed by atoms with Gasteiger partial charge in [-0.3, -0.25) is 77.1 Å². The number of phenolic OH excluding ortho intramolecular Hbond substituents is 1. The van der Waals surface area contributed by atoms with Crippen LogP contribution in [0.5, 0.6) is 5.75 Å². The van der Waals surface area contributed by atoms with E-state index in [1.54, 1.807) is 92.5 Å². The molecule has 4 aromatic carbocycles. The van der Waals surface area contributed by atoms with E-state index in [2.05, 4.69) is 52.7 Å². The predicted molar refractivity (Wildman–Crippen MR) is 417 cm³/mol. The Labute approximate surface area is 663 Å². The highest BCUT2D eigenvalue weighted by molar-refractivity contribution is 8.76. The lowest BCUT2D eigenvalue weighted by Crippen LogP contribution is -2.62. The first-order valence-electron chi connectivity index (χ1n) is 36.7. The number of nitrogens with one attached hydrogen (secondary N) is 9. The molecule has 114 heavy (non-hydrogen) atoms. The predicted octanol–water partition coefficient (Wildman–Crippen LogP) is -1.81. The van der Waals surface area contributed by atoms with Crippen molar-refractivity contribution in [2.24, 2.45) is 10.9 Å². The van der Waals surface area contributed by atoms with Crippen molar-refractivity contribution in [3.05, 3.63) is 137 Å². The Kier molecular flexibility index (Phi) is 35.8. The summed E-state index contributed by atoms with van der Waals surface area (Å²) in [6.45, 7) is 2.46. The Hall–Kier alpha value is -10.8. The summed E-state index contributed by atoms with van der Waals surface area (Å²) in [5.74, 6) is -15.5. The maximum Gasteiger partial charge on any atom is 0.328 e. The number of nitrogens with two attached hydrogens (primary N) is 1. The normalized spacial score (nSPS) is 21.0. The van der Waals surface area contributed by atoms with Gasteiger partial charge < -0.3 is 98.9 Å². The van der Waals surface area contributed by atoms with Gasteiger partial charge in [0.05, 0.1) is 37.6 Å². The van der Waals surface area contributed by atoms with Crippen LogP contribution in [-0.2, 0) is 86.4 Å². The van der Waals surface area contributed by atoms with Crippen LogP contribution in [0.2, 0.25) is 0 Å². The standard InChI is InChI=1S/C75H99N15O22S2/c1-43(48-18-20-49(21-19-48)66(75(110)111)90-31-29-88(38-62(97)98)27-25-87(37-61(95)96)26-28-89(30-32-90)39-63(99)100)86-112-40-60(94)78-55(33-46-11-5-4-6-12-46)68(102)82-58-41-113-114-42-59(72(106)85-65(45(3)92)74(108)109)83-73(107)64(44(2)91)84-67(101)54(15-9-10-24-76)79-70(104)57(35-50-36-77-53-14-8-7-13-52(50)53)81-69(103)56(80-71(58)105)34-47-16-22-51(93)23-17-47/h4-8,11-14,16-23,36,44-45,54-59,64-66,77,91-93H,9-10,15,24-35,37-42,76H2,1-3H3,(H,78,94)(H,79,104)(H,80,105)(H,81,103)(H,82,102)(H,83,107)(H,84,101)(H,85,106)(H,95,96)(H,97,98)(H,99,100)(H,108,109)(H,110,111)/b86-43-/t44?,45?,54-,55+,56-,57+,58-,59-,64-,65-,66?/m0/s1. The summed E-state index contributed by atoms with van der Waals surface area (Å²) in [7, 11) is 1.64. The number of carboxylic acid groups (broad SMARTS) is 5. The average molecular weight is 1630 g/mol. The second kappa shape index (κ2) is 45.2. The number of carbonyl (C=O) groups is 13. The van der Waals surface area contributed by atoms with Crippen LogP contribution < -0.4 is 48.3 Å². The lowest BCUT2D eigenvalue weighted by atomic mass is 10.0. The molecule has 1 aromatic heterocycles. The number of carbonyl (C=O) groups excluding carboxylic acids is 8. The van der Waals surface area contributed by atoms with Crippen molar-refractivity contribution in [3.8, 4) is 5.75 Å². The molecular weight excluding hydrogens is 1530 g/mol. The molecule has 0 saturated carbocycles. The number of unbranched alkanes of at least 4 members (excludes halogenated alkanes) is 1. The monoisotopic (exact) mass is 1630 g/mol. The second-order valence-corrected chi connectivity index (χ2v) is 30.1. The smallest absolute Gasteiger partial charge is 0.328 e. The first-order valence-corrected chi connectivity index (χ1v) is 39.2. The zero-order valence-corrected chi connectivity index (χ0v) is 64.6. The highest BCUT2D eigenvalue weighted by atomic mass is 33.1. The van der Waals surface area contributed by atoms with Gasteiger partial charge in [-0.05, 0) is 92.6 Å². The maximum atomic E-state index is 15.3. The Morgan fingerprint density at radius 2 is 1.16 bits per heavy atom. The van der Waals surface area contributed by atoms with Gasteiger partial charge in [-0.1, -0.05) is 112 Å². The highest BCUT2D eigenvalue weighted by Gasteiger charge is 2.39. The molecule has 0 bridgehead atoms. The van der Waals surface area contributed by atoms with Crippen molar-refractivity contribution in [2.45, 2.75) is 126 Å². The number of benzene rings is 4. The number of rotatable bonds is 31. The van der Waals surface area contributed by atoms with E-state index in [-0.39, 0.29) is 115 Å². The number of aliphatic hydroxyl groups is 2. The van der Waals surface area contributed by atoms with E-state index in [9.17, 15) is 88.8 Å². The SMILES string of the molecule is C/C(=N/OCC(=O)N[C@H](Cc1ccccc1)C(=O)N[C@H]1CSSC[C@@H](C(=O)N[C@H](C(=O)O)C(C)O)NC(=O)[C@H](C(C)O)NC(=O)[C@H](CCCCN)NC(=O)[C@@H](Cc2c[nH]c3ccccc23)NC(=O)[C@H](Cc2ccc(O)cc2)NC1=O)c1ccc(C(C(=O)O)N2CCN(CC(=O)O)CCN(CC(=O)O)CCN(CC(=O)O)CC2)cc1. The van der Waals surface area contributed by atoms with Gasteiger partial charge in [-0.15, -0.1) is 0 Å². The van der Waals surface area contributed by atoms with Gasteiger partial charge in [0.1, 0.15) is 54.1 Å². The van der Waals surface area contributed by atoms with Crippen LogP contribution in [0.3, 0.4) is 0 Å². The van der Waals surface area contributed by atoms with Gasteiger partial charge in [0, 0.05) is 100 Å². The summed E-state index contributed by atoms with van der Waals surface area (Å²) in [4.78, 5) is 194. The number of H-pyrrole nitrogens is 1. The minimum absolute atomic E-state index is 0.00139. The Bertz CT molecular complexity index is 4130. The van der Waals surface area contributed by atoms with E-state index in [1.165, 1.54) is 43.3 Å². The molecule has 0 radical (unpaired) electrons. The fraction of sp³-hybridized carbons (Fsp3) is 0.467. The van der Waals surface area contributed by atoms with Crippen molar-refractivity contribution in [1.29, 1.82) is 0 Å². The molecule has 37 nitrogen and oxygen atoms in total. The number of para-hydroxylation sites is 1. The largest absolute Gasteiger partial charge is 0.508 e. The molecule has 2 saturated heterocycles. The summed E-state index contributed by atoms with van der Waals surface area (Å²) >= 11 is 0. The zero-order chi connectivity index (χ0) is 83.1. The van der Waals surface area contributed by atoms with E-state index >= 15 is 14.4 Å². The van der Waals surface area contributed by atoms with Gasteiger partial charge >= 0.3 is 29.8 Å². The van der Waals surface area contributed by atoms with Crippen molar-refractivity contribution in [2.75, 3.05) is 96.6 Å². The van der Waals surface area contributed by atoms with E-state index in [1.807, 2.05) is 0 Å². The maximum absolute atomic E-state index is 15.3. The second-order valence-electron chi connectivity index (χ2n) is 27.6.